The number of carbonyl (C=O) groups is 2. The smallest absolute Gasteiger partial charge is 0.290 e. The summed E-state index contributed by atoms with van der Waals surface area (Å²) in [4.78, 5) is 28.4. The van der Waals surface area contributed by atoms with Crippen molar-refractivity contribution in [3.63, 3.8) is 0 Å². The zero-order valence-electron chi connectivity index (χ0n) is 21.1. The Morgan fingerprint density at radius 2 is 1.50 bits per heavy atom. The van der Waals surface area contributed by atoms with Crippen LogP contribution in [0.5, 0.6) is 0 Å². The number of benzene rings is 3. The number of hydrogen-bond acceptors (Lipinski definition) is 4. The van der Waals surface area contributed by atoms with Crippen LogP contribution in [0.1, 0.15) is 61.8 Å². The van der Waals surface area contributed by atoms with E-state index in [0.29, 0.717) is 48.0 Å². The van der Waals surface area contributed by atoms with Crippen LogP contribution in [0.15, 0.2) is 94.4 Å². The van der Waals surface area contributed by atoms with E-state index in [0.717, 1.165) is 34.4 Å². The van der Waals surface area contributed by atoms with Crippen LogP contribution in [0, 0.1) is 6.92 Å². The van der Waals surface area contributed by atoms with Gasteiger partial charge in [-0.1, -0.05) is 84.4 Å². The molecule has 2 amide bonds. The van der Waals surface area contributed by atoms with E-state index in [1.807, 2.05) is 67.6 Å². The number of amides is 2. The molecular weight excluding hydrogens is 498 g/mol. The Hall–Kier alpha value is -4.16. The molecule has 0 saturated carbocycles. The minimum absolute atomic E-state index is 0.177. The first-order valence-corrected chi connectivity index (χ1v) is 13.0. The van der Waals surface area contributed by atoms with Crippen LogP contribution < -0.4 is 5.43 Å². The van der Waals surface area contributed by atoms with E-state index >= 15 is 0 Å². The van der Waals surface area contributed by atoms with Crippen molar-refractivity contribution < 1.29 is 14.0 Å². The van der Waals surface area contributed by atoms with Crippen molar-refractivity contribution in [3.8, 4) is 0 Å². The molecular formula is C31H28ClN3O3. The van der Waals surface area contributed by atoms with Crippen molar-refractivity contribution >= 4 is 29.1 Å². The zero-order valence-corrected chi connectivity index (χ0v) is 21.9. The van der Waals surface area contributed by atoms with Gasteiger partial charge in [0, 0.05) is 30.6 Å². The molecule has 0 atom stereocenters. The molecule has 1 aromatic heterocycles. The number of nitrogens with one attached hydrogen (secondary N) is 1. The minimum atomic E-state index is -0.385. The fourth-order valence-electron chi connectivity index (χ4n) is 4.76. The molecule has 5 rings (SSSR count). The van der Waals surface area contributed by atoms with Gasteiger partial charge in [-0.25, -0.2) is 5.43 Å². The number of nitrogens with zero attached hydrogens (tertiary/aromatic N) is 2. The third-order valence-corrected chi connectivity index (χ3v) is 6.98. The number of hydrogen-bond donors (Lipinski definition) is 1. The molecule has 192 valence electrons. The van der Waals surface area contributed by atoms with Gasteiger partial charge in [0.2, 0.25) is 0 Å². The van der Waals surface area contributed by atoms with Crippen LogP contribution in [0.4, 0.5) is 0 Å². The van der Waals surface area contributed by atoms with Crippen LogP contribution >= 0.6 is 11.6 Å². The van der Waals surface area contributed by atoms with Crippen LogP contribution in [-0.2, 0) is 19.5 Å². The molecule has 0 bridgehead atoms. The lowest BCUT2D eigenvalue weighted by Crippen LogP contribution is -2.30. The Morgan fingerprint density at radius 3 is 2.13 bits per heavy atom. The van der Waals surface area contributed by atoms with E-state index in [1.165, 1.54) is 0 Å². The third kappa shape index (κ3) is 5.55. The van der Waals surface area contributed by atoms with Gasteiger partial charge in [-0.3, -0.25) is 9.59 Å². The molecule has 0 unspecified atom stereocenters. The monoisotopic (exact) mass is 525 g/mol. The Kier molecular flexibility index (Phi) is 7.70. The van der Waals surface area contributed by atoms with Gasteiger partial charge in [0.15, 0.2) is 5.76 Å². The molecule has 0 fully saturated rings. The van der Waals surface area contributed by atoms with Gasteiger partial charge in [0.05, 0.1) is 16.3 Å². The molecule has 6 nitrogen and oxygen atoms in total. The summed E-state index contributed by atoms with van der Waals surface area (Å²) in [5, 5.41) is 4.79. The first kappa shape index (κ1) is 25.5. The maximum atomic E-state index is 13.9. The first-order chi connectivity index (χ1) is 18.5. The highest BCUT2D eigenvalue weighted by atomic mass is 35.5. The van der Waals surface area contributed by atoms with Gasteiger partial charge in [0.1, 0.15) is 5.76 Å². The van der Waals surface area contributed by atoms with E-state index in [1.54, 1.807) is 29.2 Å². The largest absolute Gasteiger partial charge is 0.455 e. The maximum absolute atomic E-state index is 13.9. The van der Waals surface area contributed by atoms with Crippen LogP contribution in [0.2, 0.25) is 5.02 Å². The Labute approximate surface area is 226 Å². The summed E-state index contributed by atoms with van der Waals surface area (Å²) in [6, 6.07) is 26.7. The summed E-state index contributed by atoms with van der Waals surface area (Å²) in [6.45, 7) is 2.79. The van der Waals surface area contributed by atoms with Crippen molar-refractivity contribution in [1.82, 2.24) is 10.3 Å². The molecule has 0 spiro atoms. The van der Waals surface area contributed by atoms with E-state index < -0.39 is 0 Å². The van der Waals surface area contributed by atoms with Crippen molar-refractivity contribution in [2.24, 2.45) is 5.10 Å². The molecule has 7 heteroatoms. The van der Waals surface area contributed by atoms with Crippen molar-refractivity contribution in [2.75, 3.05) is 0 Å². The summed E-state index contributed by atoms with van der Waals surface area (Å²) in [5.74, 6) is 0.477. The van der Waals surface area contributed by atoms with E-state index in [4.69, 9.17) is 16.0 Å². The quantitative estimate of drug-likeness (QED) is 0.278. The van der Waals surface area contributed by atoms with Gasteiger partial charge < -0.3 is 9.32 Å². The lowest BCUT2D eigenvalue weighted by Gasteiger charge is -2.22. The number of halogens is 1. The van der Waals surface area contributed by atoms with Gasteiger partial charge in [-0.2, -0.15) is 5.10 Å². The normalized spacial score (nSPS) is 13.7. The Morgan fingerprint density at radius 1 is 0.895 bits per heavy atom. The lowest BCUT2D eigenvalue weighted by atomic mass is 9.93. The van der Waals surface area contributed by atoms with Crippen LogP contribution in [0.3, 0.4) is 0 Å². The summed E-state index contributed by atoms with van der Waals surface area (Å²) >= 11 is 6.16. The SMILES string of the molecule is Cc1c(C(=O)N(Cc2ccccc2)Cc2ccccc2)oc2c1/C(=N/NC(=O)c1ccccc1Cl)CCC2. The van der Waals surface area contributed by atoms with Gasteiger partial charge >= 0.3 is 0 Å². The third-order valence-electron chi connectivity index (χ3n) is 6.65. The summed E-state index contributed by atoms with van der Waals surface area (Å²) < 4.78 is 6.19. The first-order valence-electron chi connectivity index (χ1n) is 12.6. The topological polar surface area (TPSA) is 74.9 Å². The second-order valence-electron chi connectivity index (χ2n) is 9.32. The van der Waals surface area contributed by atoms with Gasteiger partial charge in [-0.05, 0) is 43.0 Å². The van der Waals surface area contributed by atoms with E-state index in [-0.39, 0.29) is 11.8 Å². The summed E-state index contributed by atoms with van der Waals surface area (Å²) in [5.41, 5.74) is 7.30. The predicted octanol–water partition coefficient (Wildman–Crippen LogP) is 6.55. The molecule has 1 aliphatic carbocycles. The highest BCUT2D eigenvalue weighted by Crippen LogP contribution is 2.31. The van der Waals surface area contributed by atoms with Gasteiger partial charge in [0.25, 0.3) is 11.8 Å². The second-order valence-corrected chi connectivity index (χ2v) is 9.73. The second kappa shape index (κ2) is 11.5. The average Bonchev–Trinajstić information content (AvgIpc) is 3.29. The molecule has 1 aliphatic rings. The number of hydrazone groups is 1. The molecule has 0 saturated heterocycles. The van der Waals surface area contributed by atoms with Crippen molar-refractivity contribution in [1.29, 1.82) is 0 Å². The van der Waals surface area contributed by atoms with Gasteiger partial charge in [-0.15, -0.1) is 0 Å². The molecule has 0 aliphatic heterocycles. The Bertz CT molecular complexity index is 1440. The number of rotatable bonds is 7. The fraction of sp³-hybridized carbons (Fsp3) is 0.194. The van der Waals surface area contributed by atoms with E-state index in [9.17, 15) is 9.59 Å². The lowest BCUT2D eigenvalue weighted by molar-refractivity contribution is 0.0694. The number of fused-ring (bicyclic) bond motifs is 1. The number of furan rings is 1. The molecule has 0 radical (unpaired) electrons. The molecule has 1 N–H and O–H groups in total. The molecule has 38 heavy (non-hydrogen) atoms. The number of aryl methyl sites for hydroxylation is 1. The molecule has 3 aromatic carbocycles. The summed E-state index contributed by atoms with van der Waals surface area (Å²) in [7, 11) is 0. The average molecular weight is 526 g/mol. The van der Waals surface area contributed by atoms with E-state index in [2.05, 4.69) is 10.5 Å². The Balaban J connectivity index is 1.43. The fourth-order valence-corrected chi connectivity index (χ4v) is 4.98. The maximum Gasteiger partial charge on any atom is 0.290 e. The van der Waals surface area contributed by atoms with Crippen LogP contribution in [0.25, 0.3) is 0 Å². The molecule has 4 aromatic rings. The summed E-state index contributed by atoms with van der Waals surface area (Å²) in [6.07, 6.45) is 2.19. The molecule has 1 heterocycles. The highest BCUT2D eigenvalue weighted by molar-refractivity contribution is 6.33. The standard InChI is InChI=1S/C31H28ClN3O3/c1-21-28-26(33-34-30(36)24-15-8-9-16-25(24)32)17-10-18-27(28)38-29(21)31(37)35(19-22-11-4-2-5-12-22)20-23-13-6-3-7-14-23/h2-9,11-16H,10,17-20H2,1H3,(H,34,36)/b33-26+. The van der Waals surface area contributed by atoms with Crippen molar-refractivity contribution in [2.45, 2.75) is 39.3 Å². The highest BCUT2D eigenvalue weighted by Gasteiger charge is 2.30. The zero-order chi connectivity index (χ0) is 26.5. The van der Waals surface area contributed by atoms with Crippen LogP contribution in [-0.4, -0.2) is 22.4 Å². The predicted molar refractivity (Wildman–Crippen MR) is 148 cm³/mol. The van der Waals surface area contributed by atoms with Crippen molar-refractivity contribution in [3.05, 3.63) is 129 Å². The number of carbonyl (C=O) groups excluding carboxylic acids is 2. The minimum Gasteiger partial charge on any atom is -0.455 e.